The van der Waals surface area contributed by atoms with Crippen LogP contribution < -0.4 is 15.0 Å². The average molecular weight is 326 g/mol. The largest absolute Gasteiger partial charge is 0.489 e. The molecule has 0 fully saturated rings. The number of nitrogens with one attached hydrogen (secondary N) is 1. The molecule has 2 aromatic rings. The lowest BCUT2D eigenvalue weighted by molar-refractivity contribution is -0.114. The van der Waals surface area contributed by atoms with Crippen LogP contribution in [-0.2, 0) is 4.79 Å². The molecule has 0 unspecified atom stereocenters. The first kappa shape index (κ1) is 16.2. The highest BCUT2D eigenvalue weighted by Gasteiger charge is 2.25. The van der Waals surface area contributed by atoms with E-state index in [0.717, 1.165) is 35.4 Å². The van der Waals surface area contributed by atoms with Crippen LogP contribution in [0.15, 0.2) is 31.1 Å². The van der Waals surface area contributed by atoms with Crippen molar-refractivity contribution in [1.29, 1.82) is 0 Å². The molecule has 0 saturated carbocycles. The molecule has 1 aromatic heterocycles. The predicted molar refractivity (Wildman–Crippen MR) is 95.5 cm³/mol. The van der Waals surface area contributed by atoms with Crippen molar-refractivity contribution in [1.82, 2.24) is 9.97 Å². The van der Waals surface area contributed by atoms with E-state index >= 15 is 0 Å². The van der Waals surface area contributed by atoms with Crippen LogP contribution in [0.3, 0.4) is 0 Å². The van der Waals surface area contributed by atoms with Crippen LogP contribution in [0.5, 0.6) is 5.75 Å². The average Bonchev–Trinajstić information content (AvgIpc) is 2.60. The summed E-state index contributed by atoms with van der Waals surface area (Å²) >= 11 is 0. The summed E-state index contributed by atoms with van der Waals surface area (Å²) in [5.41, 5.74) is 1.53. The van der Waals surface area contributed by atoms with Crippen molar-refractivity contribution in [3.63, 3.8) is 0 Å². The Morgan fingerprint density at radius 2 is 2.29 bits per heavy atom. The minimum absolute atomic E-state index is 0.134. The summed E-state index contributed by atoms with van der Waals surface area (Å²) in [5.74, 6) is 1.87. The number of benzene rings is 1. The van der Waals surface area contributed by atoms with E-state index in [2.05, 4.69) is 35.7 Å². The van der Waals surface area contributed by atoms with Gasteiger partial charge in [-0.1, -0.05) is 20.4 Å². The molecule has 6 nitrogen and oxygen atoms in total. The van der Waals surface area contributed by atoms with E-state index in [4.69, 9.17) is 4.74 Å². The van der Waals surface area contributed by atoms with Crippen LogP contribution in [0.25, 0.3) is 10.9 Å². The molecular formula is C18H22N4O2. The van der Waals surface area contributed by atoms with Crippen molar-refractivity contribution < 1.29 is 9.53 Å². The van der Waals surface area contributed by atoms with E-state index in [9.17, 15) is 4.79 Å². The van der Waals surface area contributed by atoms with Gasteiger partial charge in [-0.3, -0.25) is 4.79 Å². The molecule has 0 bridgehead atoms. The Morgan fingerprint density at radius 1 is 1.46 bits per heavy atom. The van der Waals surface area contributed by atoms with Crippen LogP contribution in [-0.4, -0.2) is 35.6 Å². The van der Waals surface area contributed by atoms with Gasteiger partial charge >= 0.3 is 0 Å². The van der Waals surface area contributed by atoms with E-state index in [1.54, 1.807) is 11.2 Å². The number of amides is 1. The lowest BCUT2D eigenvalue weighted by Crippen LogP contribution is -2.36. The van der Waals surface area contributed by atoms with Crippen molar-refractivity contribution in [2.24, 2.45) is 5.92 Å². The third-order valence-electron chi connectivity index (χ3n) is 4.04. The second-order valence-electron chi connectivity index (χ2n) is 6.18. The first-order valence-corrected chi connectivity index (χ1v) is 8.20. The Labute approximate surface area is 141 Å². The fourth-order valence-corrected chi connectivity index (χ4v) is 2.78. The molecule has 24 heavy (non-hydrogen) atoms. The maximum absolute atomic E-state index is 12.1. The smallest absolute Gasteiger partial charge is 0.250 e. The zero-order valence-electron chi connectivity index (χ0n) is 14.1. The number of fused-ring (bicyclic) bond motifs is 3. The van der Waals surface area contributed by atoms with Crippen LogP contribution in [0.4, 0.5) is 11.5 Å². The summed E-state index contributed by atoms with van der Waals surface area (Å²) < 4.78 is 5.88. The van der Waals surface area contributed by atoms with Gasteiger partial charge < -0.3 is 15.0 Å². The second-order valence-corrected chi connectivity index (χ2v) is 6.18. The standard InChI is InChI=1S/C18H22N4O2/c1-4-15(23)22-9-10-24-17-14(22)6-5-13-16(17)18(21-11-20-13)19-8-7-12(2)3/h4-6,11-12H,1,7-10H2,2-3H3,(H,19,20,21). The third-order valence-corrected chi connectivity index (χ3v) is 4.04. The number of carbonyl (C=O) groups excluding carboxylic acids is 1. The molecule has 1 aliphatic heterocycles. The van der Waals surface area contributed by atoms with Gasteiger partial charge in [-0.15, -0.1) is 0 Å². The molecule has 0 spiro atoms. The Bertz CT molecular complexity index is 773. The van der Waals surface area contributed by atoms with Crippen molar-refractivity contribution in [2.75, 3.05) is 29.9 Å². The van der Waals surface area contributed by atoms with Gasteiger partial charge in [0.25, 0.3) is 5.91 Å². The molecule has 0 saturated heterocycles. The Balaban J connectivity index is 2.05. The van der Waals surface area contributed by atoms with E-state index in [1.165, 1.54) is 6.08 Å². The molecular weight excluding hydrogens is 304 g/mol. The summed E-state index contributed by atoms with van der Waals surface area (Å²) in [4.78, 5) is 22.5. The van der Waals surface area contributed by atoms with E-state index in [0.29, 0.717) is 24.8 Å². The van der Waals surface area contributed by atoms with Gasteiger partial charge in [0.15, 0.2) is 5.75 Å². The lowest BCUT2D eigenvalue weighted by atomic mass is 10.1. The minimum atomic E-state index is -0.134. The number of anilines is 2. The van der Waals surface area contributed by atoms with E-state index in [-0.39, 0.29) is 5.91 Å². The number of hydrogen-bond acceptors (Lipinski definition) is 5. The maximum atomic E-state index is 12.1. The minimum Gasteiger partial charge on any atom is -0.489 e. The highest BCUT2D eigenvalue weighted by Crippen LogP contribution is 2.40. The third kappa shape index (κ3) is 3.04. The summed E-state index contributed by atoms with van der Waals surface area (Å²) in [6.07, 6.45) is 3.91. The summed E-state index contributed by atoms with van der Waals surface area (Å²) in [6.45, 7) is 9.71. The number of aromatic nitrogens is 2. The first-order chi connectivity index (χ1) is 11.6. The van der Waals surface area contributed by atoms with E-state index < -0.39 is 0 Å². The molecule has 6 heteroatoms. The molecule has 0 atom stereocenters. The van der Waals surface area contributed by atoms with Gasteiger partial charge in [0.2, 0.25) is 0 Å². The highest BCUT2D eigenvalue weighted by atomic mass is 16.5. The van der Waals surface area contributed by atoms with Gasteiger partial charge in [0.1, 0.15) is 18.8 Å². The number of carbonyl (C=O) groups is 1. The number of hydrogen-bond donors (Lipinski definition) is 1. The van der Waals surface area contributed by atoms with Crippen LogP contribution in [0.1, 0.15) is 20.3 Å². The zero-order valence-corrected chi connectivity index (χ0v) is 14.1. The van der Waals surface area contributed by atoms with Gasteiger partial charge in [-0.2, -0.15) is 0 Å². The van der Waals surface area contributed by atoms with Gasteiger partial charge in [-0.05, 0) is 30.5 Å². The van der Waals surface area contributed by atoms with Crippen molar-refractivity contribution in [3.8, 4) is 5.75 Å². The Kier molecular flexibility index (Phi) is 4.64. The number of ether oxygens (including phenoxy) is 1. The van der Waals surface area contributed by atoms with Crippen LogP contribution in [0.2, 0.25) is 0 Å². The molecule has 1 aliphatic rings. The molecule has 126 valence electrons. The molecule has 0 aliphatic carbocycles. The highest BCUT2D eigenvalue weighted by molar-refractivity contribution is 6.07. The normalized spacial score (nSPS) is 13.5. The van der Waals surface area contributed by atoms with Gasteiger partial charge in [-0.25, -0.2) is 9.97 Å². The zero-order chi connectivity index (χ0) is 17.1. The van der Waals surface area contributed by atoms with Crippen molar-refractivity contribution in [2.45, 2.75) is 20.3 Å². The maximum Gasteiger partial charge on any atom is 0.250 e. The quantitative estimate of drug-likeness (QED) is 0.856. The van der Waals surface area contributed by atoms with Gasteiger partial charge in [0, 0.05) is 6.54 Å². The van der Waals surface area contributed by atoms with Crippen molar-refractivity contribution in [3.05, 3.63) is 31.1 Å². The SMILES string of the molecule is C=CC(=O)N1CCOc2c1ccc1ncnc(NCCC(C)C)c21. The molecule has 1 aromatic carbocycles. The van der Waals surface area contributed by atoms with Gasteiger partial charge in [0.05, 0.1) is 23.1 Å². The number of nitrogens with zero attached hydrogens (tertiary/aromatic N) is 3. The fourth-order valence-electron chi connectivity index (χ4n) is 2.78. The molecule has 0 radical (unpaired) electrons. The molecule has 2 heterocycles. The topological polar surface area (TPSA) is 67.4 Å². The molecule has 3 rings (SSSR count). The fraction of sp³-hybridized carbons (Fsp3) is 0.389. The first-order valence-electron chi connectivity index (χ1n) is 8.20. The summed E-state index contributed by atoms with van der Waals surface area (Å²) in [5, 5.41) is 4.19. The second kappa shape index (κ2) is 6.86. The predicted octanol–water partition coefficient (Wildman–Crippen LogP) is 3.00. The van der Waals surface area contributed by atoms with Crippen LogP contribution in [0, 0.1) is 5.92 Å². The molecule has 1 amide bonds. The summed E-state index contributed by atoms with van der Waals surface area (Å²) in [6, 6.07) is 3.75. The lowest BCUT2D eigenvalue weighted by Gasteiger charge is -2.29. The van der Waals surface area contributed by atoms with E-state index in [1.807, 2.05) is 12.1 Å². The molecule has 1 N–H and O–H groups in total. The van der Waals surface area contributed by atoms with Crippen molar-refractivity contribution >= 4 is 28.3 Å². The monoisotopic (exact) mass is 326 g/mol. The summed E-state index contributed by atoms with van der Waals surface area (Å²) in [7, 11) is 0. The number of rotatable bonds is 5. The van der Waals surface area contributed by atoms with Crippen LogP contribution >= 0.6 is 0 Å². The Hall–Kier alpha value is -2.63. The Morgan fingerprint density at radius 3 is 3.04 bits per heavy atom.